The Morgan fingerprint density at radius 3 is 2.67 bits per heavy atom. The molecule has 21 heavy (non-hydrogen) atoms. The quantitative estimate of drug-likeness (QED) is 0.647. The Labute approximate surface area is 125 Å². The molecule has 2 N–H and O–H groups in total. The van der Waals surface area contributed by atoms with Crippen LogP contribution < -0.4 is 10.6 Å². The largest absolute Gasteiger partial charge is 0.356 e. The smallest absolute Gasteiger partial charge is 0.191 e. The van der Waals surface area contributed by atoms with Crippen LogP contribution in [0.1, 0.15) is 17.1 Å². The van der Waals surface area contributed by atoms with E-state index < -0.39 is 0 Å². The van der Waals surface area contributed by atoms with E-state index in [0.717, 1.165) is 36.0 Å². The van der Waals surface area contributed by atoms with Crippen LogP contribution in [0.4, 0.5) is 0 Å². The molecule has 5 heteroatoms. The lowest BCUT2D eigenvalue weighted by Gasteiger charge is -2.11. The normalized spacial score (nSPS) is 11.2. The maximum absolute atomic E-state index is 4.45. The third kappa shape index (κ3) is 5.22. The van der Waals surface area contributed by atoms with Crippen molar-refractivity contribution in [3.05, 3.63) is 59.7 Å². The number of nitrogens with one attached hydrogen (secondary N) is 2. The number of aryl methyl sites for hydroxylation is 1. The summed E-state index contributed by atoms with van der Waals surface area (Å²) in [7, 11) is 1.76. The Balaban J connectivity index is 1.76. The molecule has 2 aromatic heterocycles. The van der Waals surface area contributed by atoms with Gasteiger partial charge in [-0.2, -0.15) is 0 Å². The fourth-order valence-corrected chi connectivity index (χ4v) is 1.95. The number of guanidine groups is 1. The van der Waals surface area contributed by atoms with Crippen molar-refractivity contribution in [3.63, 3.8) is 0 Å². The molecule has 2 heterocycles. The predicted molar refractivity (Wildman–Crippen MR) is 85.1 cm³/mol. The number of hydrogen-bond acceptors (Lipinski definition) is 3. The lowest BCUT2D eigenvalue weighted by molar-refractivity contribution is 0.773. The lowest BCUT2D eigenvalue weighted by Crippen LogP contribution is -2.38. The summed E-state index contributed by atoms with van der Waals surface area (Å²) in [5.74, 6) is 0.772. The number of aromatic nitrogens is 2. The second-order valence-corrected chi connectivity index (χ2v) is 4.69. The molecule has 0 spiro atoms. The monoisotopic (exact) mass is 283 g/mol. The zero-order valence-corrected chi connectivity index (χ0v) is 12.5. The number of rotatable bonds is 5. The fraction of sp³-hybridized carbons (Fsp3) is 0.312. The summed E-state index contributed by atoms with van der Waals surface area (Å²) in [6, 6.07) is 11.9. The molecule has 0 aromatic carbocycles. The minimum Gasteiger partial charge on any atom is -0.356 e. The third-order valence-corrected chi connectivity index (χ3v) is 3.01. The number of nitrogens with zero attached hydrogens (tertiary/aromatic N) is 3. The van der Waals surface area contributed by atoms with Crippen molar-refractivity contribution in [1.29, 1.82) is 0 Å². The Bertz CT molecular complexity index is 580. The highest BCUT2D eigenvalue weighted by Gasteiger charge is 2.00. The van der Waals surface area contributed by atoms with Crippen LogP contribution >= 0.6 is 0 Å². The maximum Gasteiger partial charge on any atom is 0.191 e. The molecule has 0 aliphatic carbocycles. The van der Waals surface area contributed by atoms with Crippen LogP contribution in [0, 0.1) is 6.92 Å². The highest BCUT2D eigenvalue weighted by Crippen LogP contribution is 1.97. The van der Waals surface area contributed by atoms with Gasteiger partial charge in [0.25, 0.3) is 0 Å². The van der Waals surface area contributed by atoms with E-state index in [1.165, 1.54) is 0 Å². The maximum atomic E-state index is 4.45. The molecule has 110 valence electrons. The van der Waals surface area contributed by atoms with Crippen molar-refractivity contribution in [2.24, 2.45) is 4.99 Å². The third-order valence-electron chi connectivity index (χ3n) is 3.01. The predicted octanol–water partition coefficient (Wildman–Crippen LogP) is 1.69. The van der Waals surface area contributed by atoms with Gasteiger partial charge in [0.15, 0.2) is 5.96 Å². The van der Waals surface area contributed by atoms with Crippen molar-refractivity contribution in [1.82, 2.24) is 20.6 Å². The molecular formula is C16H21N5. The average molecular weight is 283 g/mol. The molecule has 0 amide bonds. The number of aliphatic imine (C=N–C) groups is 1. The van der Waals surface area contributed by atoms with Gasteiger partial charge in [-0.25, -0.2) is 0 Å². The Morgan fingerprint density at radius 1 is 1.10 bits per heavy atom. The summed E-state index contributed by atoms with van der Waals surface area (Å²) in [6.45, 7) is 3.44. The SMILES string of the molecule is CN=C(NCCc1ccccn1)NCc1cccc(C)n1. The van der Waals surface area contributed by atoms with Gasteiger partial charge in [0.05, 0.1) is 12.2 Å². The second-order valence-electron chi connectivity index (χ2n) is 4.69. The molecule has 0 bridgehead atoms. The Kier molecular flexibility index (Phi) is 5.70. The zero-order valence-electron chi connectivity index (χ0n) is 12.5. The number of pyridine rings is 2. The van der Waals surface area contributed by atoms with Crippen LogP contribution in [0.25, 0.3) is 0 Å². The van der Waals surface area contributed by atoms with Crippen LogP contribution in [0.5, 0.6) is 0 Å². The molecule has 2 aromatic rings. The number of hydrogen-bond donors (Lipinski definition) is 2. The van der Waals surface area contributed by atoms with E-state index in [1.807, 2.05) is 49.5 Å². The first-order valence-electron chi connectivity index (χ1n) is 7.05. The van der Waals surface area contributed by atoms with E-state index in [-0.39, 0.29) is 0 Å². The molecular weight excluding hydrogens is 262 g/mol. The summed E-state index contributed by atoms with van der Waals surface area (Å²) in [6.07, 6.45) is 2.68. The summed E-state index contributed by atoms with van der Waals surface area (Å²) in [4.78, 5) is 12.9. The molecule has 0 unspecified atom stereocenters. The average Bonchev–Trinajstić information content (AvgIpc) is 2.52. The van der Waals surface area contributed by atoms with Gasteiger partial charge >= 0.3 is 0 Å². The molecule has 0 aliphatic heterocycles. The van der Waals surface area contributed by atoms with Crippen molar-refractivity contribution in [2.75, 3.05) is 13.6 Å². The lowest BCUT2D eigenvalue weighted by atomic mass is 10.3. The van der Waals surface area contributed by atoms with Gasteiger partial charge in [-0.1, -0.05) is 12.1 Å². The molecule has 0 fully saturated rings. The minimum absolute atomic E-state index is 0.658. The van der Waals surface area contributed by atoms with Crippen molar-refractivity contribution in [3.8, 4) is 0 Å². The first kappa shape index (κ1) is 15.0. The highest BCUT2D eigenvalue weighted by atomic mass is 15.2. The van der Waals surface area contributed by atoms with Gasteiger partial charge in [0.1, 0.15) is 0 Å². The van der Waals surface area contributed by atoms with Gasteiger partial charge < -0.3 is 10.6 Å². The topological polar surface area (TPSA) is 62.2 Å². The van der Waals surface area contributed by atoms with Gasteiger partial charge in [0, 0.05) is 37.6 Å². The van der Waals surface area contributed by atoms with E-state index in [0.29, 0.717) is 6.54 Å². The van der Waals surface area contributed by atoms with E-state index in [4.69, 9.17) is 0 Å². The molecule has 2 rings (SSSR count). The van der Waals surface area contributed by atoms with Gasteiger partial charge in [0.2, 0.25) is 0 Å². The van der Waals surface area contributed by atoms with Crippen LogP contribution in [-0.2, 0) is 13.0 Å². The molecule has 5 nitrogen and oxygen atoms in total. The minimum atomic E-state index is 0.658. The highest BCUT2D eigenvalue weighted by molar-refractivity contribution is 5.79. The molecule has 0 radical (unpaired) electrons. The van der Waals surface area contributed by atoms with E-state index in [1.54, 1.807) is 7.05 Å². The summed E-state index contributed by atoms with van der Waals surface area (Å²) in [5, 5.41) is 6.53. The molecule has 0 saturated heterocycles. The Morgan fingerprint density at radius 2 is 1.95 bits per heavy atom. The fourth-order valence-electron chi connectivity index (χ4n) is 1.95. The van der Waals surface area contributed by atoms with Crippen molar-refractivity contribution < 1.29 is 0 Å². The van der Waals surface area contributed by atoms with Crippen LogP contribution in [-0.4, -0.2) is 29.5 Å². The molecule has 0 aliphatic rings. The first-order valence-corrected chi connectivity index (χ1v) is 7.05. The van der Waals surface area contributed by atoms with Crippen LogP contribution in [0.2, 0.25) is 0 Å². The summed E-state index contributed by atoms with van der Waals surface area (Å²) < 4.78 is 0. The van der Waals surface area contributed by atoms with Gasteiger partial charge in [-0.3, -0.25) is 15.0 Å². The summed E-state index contributed by atoms with van der Waals surface area (Å²) >= 11 is 0. The van der Waals surface area contributed by atoms with E-state index in [2.05, 4.69) is 25.6 Å². The summed E-state index contributed by atoms with van der Waals surface area (Å²) in [5.41, 5.74) is 3.09. The van der Waals surface area contributed by atoms with Crippen molar-refractivity contribution in [2.45, 2.75) is 19.9 Å². The molecule has 0 saturated carbocycles. The van der Waals surface area contributed by atoms with Crippen molar-refractivity contribution >= 4 is 5.96 Å². The zero-order chi connectivity index (χ0) is 14.9. The van der Waals surface area contributed by atoms with Gasteiger partial charge in [-0.05, 0) is 31.2 Å². The first-order chi connectivity index (χ1) is 10.3. The van der Waals surface area contributed by atoms with Crippen LogP contribution in [0.3, 0.4) is 0 Å². The standard InChI is InChI=1S/C16H21N5/c1-13-6-5-8-15(21-13)12-20-16(17-2)19-11-9-14-7-3-4-10-18-14/h3-8,10H,9,11-12H2,1-2H3,(H2,17,19,20). The Hall–Kier alpha value is -2.43. The molecule has 0 atom stereocenters. The second kappa shape index (κ2) is 7.99. The van der Waals surface area contributed by atoms with E-state index >= 15 is 0 Å². The van der Waals surface area contributed by atoms with E-state index in [9.17, 15) is 0 Å². The van der Waals surface area contributed by atoms with Gasteiger partial charge in [-0.15, -0.1) is 0 Å². The van der Waals surface area contributed by atoms with Crippen LogP contribution in [0.15, 0.2) is 47.6 Å².